The van der Waals surface area contributed by atoms with Crippen molar-refractivity contribution in [2.75, 3.05) is 19.8 Å². The van der Waals surface area contributed by atoms with Gasteiger partial charge in [0.1, 0.15) is 6.61 Å². The first kappa shape index (κ1) is 60.8. The minimum absolute atomic E-state index is 0.0578. The van der Waals surface area contributed by atoms with Crippen LogP contribution in [0.3, 0.4) is 0 Å². The van der Waals surface area contributed by atoms with Gasteiger partial charge in [0.15, 0.2) is 6.10 Å². The fraction of sp³-hybridized carbons (Fsp3) is 0.695. The van der Waals surface area contributed by atoms with Crippen molar-refractivity contribution in [1.82, 2.24) is 0 Å². The quantitative estimate of drug-likeness (QED) is 0.0346. The number of esters is 2. The van der Waals surface area contributed by atoms with Crippen molar-refractivity contribution in [3.05, 3.63) is 97.2 Å². The third-order valence-corrected chi connectivity index (χ3v) is 11.1. The highest BCUT2D eigenvalue weighted by molar-refractivity contribution is 5.70. The molecule has 366 valence electrons. The number of hydrogen-bond acceptors (Lipinski definition) is 5. The number of carbonyl (C=O) groups excluding carboxylic acids is 2. The normalized spacial score (nSPS) is 13.0. The Bertz CT molecular complexity index is 1230. The van der Waals surface area contributed by atoms with Gasteiger partial charge in [-0.15, -0.1) is 0 Å². The molecule has 0 amide bonds. The molecule has 0 saturated carbocycles. The molecule has 0 bridgehead atoms. The number of carbonyl (C=O) groups is 2. The molecule has 0 saturated heterocycles. The van der Waals surface area contributed by atoms with Crippen molar-refractivity contribution in [3.8, 4) is 0 Å². The number of unbranched alkanes of at least 4 members (excludes halogenated alkanes) is 21. The van der Waals surface area contributed by atoms with Gasteiger partial charge in [-0.25, -0.2) is 0 Å². The molecule has 0 heterocycles. The summed E-state index contributed by atoms with van der Waals surface area (Å²) in [5.74, 6) is -0.442. The summed E-state index contributed by atoms with van der Waals surface area (Å²) in [6.45, 7) is 7.57. The zero-order valence-corrected chi connectivity index (χ0v) is 42.0. The van der Waals surface area contributed by atoms with Crippen LogP contribution in [0.1, 0.15) is 239 Å². The first-order valence-electron chi connectivity index (χ1n) is 26.8. The Hall–Kier alpha value is -3.18. The second-order valence-electron chi connectivity index (χ2n) is 17.4. The third-order valence-electron chi connectivity index (χ3n) is 11.1. The molecule has 5 nitrogen and oxygen atoms in total. The van der Waals surface area contributed by atoms with E-state index in [1.54, 1.807) is 0 Å². The van der Waals surface area contributed by atoms with Crippen LogP contribution in [0, 0.1) is 0 Å². The van der Waals surface area contributed by atoms with Crippen LogP contribution >= 0.6 is 0 Å². The Morgan fingerprint density at radius 3 is 1.12 bits per heavy atom. The lowest BCUT2D eigenvalue weighted by atomic mass is 10.1. The van der Waals surface area contributed by atoms with Gasteiger partial charge in [-0.05, 0) is 122 Å². The molecular formula is C59H100O5. The van der Waals surface area contributed by atoms with E-state index in [4.69, 9.17) is 14.2 Å². The van der Waals surface area contributed by atoms with Crippen molar-refractivity contribution >= 4 is 11.9 Å². The van der Waals surface area contributed by atoms with Crippen LogP contribution in [-0.4, -0.2) is 37.9 Å². The predicted octanol–water partition coefficient (Wildman–Crippen LogP) is 18.2. The number of ether oxygens (including phenoxy) is 3. The average Bonchev–Trinajstić information content (AvgIpc) is 3.30. The molecule has 0 rings (SSSR count). The molecule has 5 heteroatoms. The summed E-state index contributed by atoms with van der Waals surface area (Å²) in [7, 11) is 0. The van der Waals surface area contributed by atoms with Crippen LogP contribution in [0.4, 0.5) is 0 Å². The molecule has 0 fully saturated rings. The highest BCUT2D eigenvalue weighted by Gasteiger charge is 2.17. The number of allylic oxidation sites excluding steroid dienone is 16. The molecule has 64 heavy (non-hydrogen) atoms. The lowest BCUT2D eigenvalue weighted by Crippen LogP contribution is -2.30. The van der Waals surface area contributed by atoms with Crippen LogP contribution in [0.2, 0.25) is 0 Å². The zero-order chi connectivity index (χ0) is 46.3. The van der Waals surface area contributed by atoms with E-state index in [9.17, 15) is 9.59 Å². The van der Waals surface area contributed by atoms with Crippen molar-refractivity contribution in [2.45, 2.75) is 245 Å². The molecule has 0 aliphatic heterocycles. The van der Waals surface area contributed by atoms with E-state index >= 15 is 0 Å². The molecule has 1 unspecified atom stereocenters. The van der Waals surface area contributed by atoms with Gasteiger partial charge in [-0.2, -0.15) is 0 Å². The van der Waals surface area contributed by atoms with Gasteiger partial charge >= 0.3 is 11.9 Å². The van der Waals surface area contributed by atoms with Gasteiger partial charge in [0.05, 0.1) is 6.61 Å². The minimum atomic E-state index is -0.569. The Balaban J connectivity index is 4.38. The highest BCUT2D eigenvalue weighted by atomic mass is 16.6. The van der Waals surface area contributed by atoms with E-state index in [0.29, 0.717) is 19.4 Å². The maximum Gasteiger partial charge on any atom is 0.306 e. The molecule has 0 N–H and O–H groups in total. The summed E-state index contributed by atoms with van der Waals surface area (Å²) >= 11 is 0. The predicted molar refractivity (Wildman–Crippen MR) is 279 cm³/mol. The first-order chi connectivity index (χ1) is 31.6. The largest absolute Gasteiger partial charge is 0.462 e. The van der Waals surface area contributed by atoms with E-state index in [1.165, 1.54) is 96.3 Å². The summed E-state index contributed by atoms with van der Waals surface area (Å²) in [5, 5.41) is 0. The smallest absolute Gasteiger partial charge is 0.306 e. The molecular weight excluding hydrogens is 789 g/mol. The first-order valence-corrected chi connectivity index (χ1v) is 26.8. The van der Waals surface area contributed by atoms with Crippen LogP contribution in [0.15, 0.2) is 97.2 Å². The average molecular weight is 889 g/mol. The van der Waals surface area contributed by atoms with Gasteiger partial charge in [0, 0.05) is 19.4 Å². The fourth-order valence-corrected chi connectivity index (χ4v) is 7.09. The third kappa shape index (κ3) is 51.5. The maximum atomic E-state index is 12.8. The Morgan fingerprint density at radius 1 is 0.359 bits per heavy atom. The van der Waals surface area contributed by atoms with E-state index < -0.39 is 6.10 Å². The van der Waals surface area contributed by atoms with Gasteiger partial charge in [-0.1, -0.05) is 201 Å². The van der Waals surface area contributed by atoms with E-state index in [-0.39, 0.29) is 25.2 Å². The van der Waals surface area contributed by atoms with Crippen LogP contribution < -0.4 is 0 Å². The topological polar surface area (TPSA) is 61.8 Å². The molecule has 0 aromatic heterocycles. The zero-order valence-electron chi connectivity index (χ0n) is 42.0. The molecule has 0 aliphatic rings. The highest BCUT2D eigenvalue weighted by Crippen LogP contribution is 2.13. The second kappa shape index (κ2) is 54.2. The standard InChI is InChI=1S/C59H100O5/c1-4-7-10-13-16-19-22-25-28-30-32-34-37-40-43-46-49-52-58(60)63-56-57(55-62-54-51-48-45-42-39-36-33-29-26-23-20-17-14-11-8-5-2)64-59(61)53-50-47-44-41-38-35-31-27-24-21-18-15-12-9-6-3/h8,11,16-21,25-29,31,36,39,57H,4-7,9-10,12-15,22-24,30,32-35,37-38,40-56H2,1-3H3/b11-8-,19-16-,20-17-,21-18-,28-25-,29-26-,31-27-,39-36-. The summed E-state index contributed by atoms with van der Waals surface area (Å²) in [6.07, 6.45) is 72.7. The minimum Gasteiger partial charge on any atom is -0.462 e. The number of rotatable bonds is 48. The summed E-state index contributed by atoms with van der Waals surface area (Å²) in [6, 6.07) is 0. The van der Waals surface area contributed by atoms with Crippen molar-refractivity contribution in [1.29, 1.82) is 0 Å². The van der Waals surface area contributed by atoms with E-state index in [0.717, 1.165) is 109 Å². The second-order valence-corrected chi connectivity index (χ2v) is 17.4. The molecule has 0 aromatic rings. The van der Waals surface area contributed by atoms with Crippen molar-refractivity contribution < 1.29 is 23.8 Å². The van der Waals surface area contributed by atoms with Gasteiger partial charge in [0.25, 0.3) is 0 Å². The van der Waals surface area contributed by atoms with Crippen LogP contribution in [0.25, 0.3) is 0 Å². The molecule has 0 aliphatic carbocycles. The molecule has 1 atom stereocenters. The van der Waals surface area contributed by atoms with Gasteiger partial charge < -0.3 is 14.2 Å². The molecule has 0 radical (unpaired) electrons. The Morgan fingerprint density at radius 2 is 0.703 bits per heavy atom. The Kier molecular flexibility index (Phi) is 51.5. The molecule has 0 aromatic carbocycles. The summed E-state index contributed by atoms with van der Waals surface area (Å²) < 4.78 is 17.4. The summed E-state index contributed by atoms with van der Waals surface area (Å²) in [5.41, 5.74) is 0. The van der Waals surface area contributed by atoms with Gasteiger partial charge in [0.2, 0.25) is 0 Å². The lowest BCUT2D eigenvalue weighted by molar-refractivity contribution is -0.163. The van der Waals surface area contributed by atoms with Gasteiger partial charge in [-0.3, -0.25) is 9.59 Å². The maximum absolute atomic E-state index is 12.8. The summed E-state index contributed by atoms with van der Waals surface area (Å²) in [4.78, 5) is 25.4. The fourth-order valence-electron chi connectivity index (χ4n) is 7.09. The number of hydrogen-bond donors (Lipinski definition) is 0. The molecule has 0 spiro atoms. The van der Waals surface area contributed by atoms with Crippen molar-refractivity contribution in [3.63, 3.8) is 0 Å². The monoisotopic (exact) mass is 889 g/mol. The Labute approximate surface area is 396 Å². The van der Waals surface area contributed by atoms with E-state index in [1.807, 2.05) is 0 Å². The van der Waals surface area contributed by atoms with Crippen molar-refractivity contribution in [2.24, 2.45) is 0 Å². The van der Waals surface area contributed by atoms with Crippen LogP contribution in [0.5, 0.6) is 0 Å². The van der Waals surface area contributed by atoms with E-state index in [2.05, 4.69) is 118 Å². The van der Waals surface area contributed by atoms with Crippen LogP contribution in [-0.2, 0) is 23.8 Å². The SMILES string of the molecule is CC/C=C\C/C=C\C/C=C\C/C=C\CCCCCOCC(COC(=O)CCCCCCCCC/C=C\C/C=C\CCCCC)OC(=O)CCCCCCC/C=C\C/C=C\CCCCC. The lowest BCUT2D eigenvalue weighted by Gasteiger charge is -2.18.